The number of fused-ring (bicyclic) bond motifs is 1. The maximum Gasteiger partial charge on any atom is 0.236 e. The van der Waals surface area contributed by atoms with E-state index in [-0.39, 0.29) is 12.5 Å². The molecule has 0 spiro atoms. The standard InChI is InChI=1S/C12H14N2OS/c1-14(12(15)6-13)7-9-8-16-11-5-3-2-4-10(9)11/h2-5,8H,6-7,13H2,1H3. The van der Waals surface area contributed by atoms with E-state index in [0.29, 0.717) is 6.54 Å². The Balaban J connectivity index is 2.24. The van der Waals surface area contributed by atoms with Gasteiger partial charge in [0.1, 0.15) is 0 Å². The van der Waals surface area contributed by atoms with E-state index in [9.17, 15) is 4.79 Å². The quantitative estimate of drug-likeness (QED) is 0.880. The van der Waals surface area contributed by atoms with Gasteiger partial charge in [-0.1, -0.05) is 18.2 Å². The molecule has 0 aliphatic carbocycles. The fourth-order valence-electron chi connectivity index (χ4n) is 1.65. The molecule has 3 nitrogen and oxygen atoms in total. The number of thiophene rings is 1. The highest BCUT2D eigenvalue weighted by Crippen LogP contribution is 2.26. The smallest absolute Gasteiger partial charge is 0.236 e. The molecular formula is C12H14N2OS. The third-order valence-electron chi connectivity index (χ3n) is 2.57. The molecule has 0 saturated carbocycles. The lowest BCUT2D eigenvalue weighted by Gasteiger charge is -2.15. The zero-order valence-electron chi connectivity index (χ0n) is 9.14. The van der Waals surface area contributed by atoms with Crippen LogP contribution in [-0.4, -0.2) is 24.4 Å². The summed E-state index contributed by atoms with van der Waals surface area (Å²) >= 11 is 1.71. The molecule has 0 saturated heterocycles. The van der Waals surface area contributed by atoms with Gasteiger partial charge in [0, 0.05) is 18.3 Å². The number of hydrogen-bond acceptors (Lipinski definition) is 3. The highest BCUT2D eigenvalue weighted by Gasteiger charge is 2.09. The monoisotopic (exact) mass is 234 g/mol. The zero-order chi connectivity index (χ0) is 11.5. The molecule has 16 heavy (non-hydrogen) atoms. The van der Waals surface area contributed by atoms with Crippen LogP contribution in [0.15, 0.2) is 29.6 Å². The number of benzene rings is 1. The van der Waals surface area contributed by atoms with E-state index >= 15 is 0 Å². The van der Waals surface area contributed by atoms with Gasteiger partial charge in [-0.25, -0.2) is 0 Å². The number of hydrogen-bond donors (Lipinski definition) is 1. The SMILES string of the molecule is CN(Cc1csc2ccccc12)C(=O)CN. The van der Waals surface area contributed by atoms with Gasteiger partial charge in [-0.05, 0) is 22.4 Å². The van der Waals surface area contributed by atoms with Crippen molar-refractivity contribution in [3.63, 3.8) is 0 Å². The zero-order valence-corrected chi connectivity index (χ0v) is 9.96. The predicted octanol–water partition coefficient (Wildman–Crippen LogP) is 1.82. The summed E-state index contributed by atoms with van der Waals surface area (Å²) in [5, 5.41) is 3.33. The van der Waals surface area contributed by atoms with Gasteiger partial charge in [0.25, 0.3) is 0 Å². The number of likely N-dealkylation sites (N-methyl/N-ethyl adjacent to an activating group) is 1. The lowest BCUT2D eigenvalue weighted by atomic mass is 10.2. The minimum absolute atomic E-state index is 0.0321. The van der Waals surface area contributed by atoms with E-state index in [0.717, 1.165) is 0 Å². The Morgan fingerprint density at radius 2 is 2.19 bits per heavy atom. The summed E-state index contributed by atoms with van der Waals surface area (Å²) in [5.41, 5.74) is 6.51. The van der Waals surface area contributed by atoms with Crippen LogP contribution in [0.5, 0.6) is 0 Å². The Morgan fingerprint density at radius 3 is 2.94 bits per heavy atom. The van der Waals surface area contributed by atoms with Gasteiger partial charge < -0.3 is 10.6 Å². The first-order valence-electron chi connectivity index (χ1n) is 5.11. The van der Waals surface area contributed by atoms with Gasteiger partial charge in [-0.3, -0.25) is 4.79 Å². The van der Waals surface area contributed by atoms with Crippen molar-refractivity contribution < 1.29 is 4.79 Å². The summed E-state index contributed by atoms with van der Waals surface area (Å²) in [6, 6.07) is 8.22. The number of nitrogens with zero attached hydrogens (tertiary/aromatic N) is 1. The summed E-state index contributed by atoms with van der Waals surface area (Å²) in [4.78, 5) is 13.0. The van der Waals surface area contributed by atoms with Crippen molar-refractivity contribution in [3.8, 4) is 0 Å². The van der Waals surface area contributed by atoms with Crippen molar-refractivity contribution in [1.29, 1.82) is 0 Å². The van der Waals surface area contributed by atoms with E-state index < -0.39 is 0 Å². The highest BCUT2D eigenvalue weighted by molar-refractivity contribution is 7.17. The van der Waals surface area contributed by atoms with Crippen LogP contribution in [0.25, 0.3) is 10.1 Å². The fourth-order valence-corrected chi connectivity index (χ4v) is 2.61. The Bertz CT molecular complexity index is 506. The first-order valence-corrected chi connectivity index (χ1v) is 5.99. The Labute approximate surface area is 98.5 Å². The molecule has 0 radical (unpaired) electrons. The van der Waals surface area contributed by atoms with Gasteiger partial charge in [0.2, 0.25) is 5.91 Å². The van der Waals surface area contributed by atoms with Gasteiger partial charge in [-0.2, -0.15) is 0 Å². The molecule has 0 bridgehead atoms. The lowest BCUT2D eigenvalue weighted by molar-refractivity contribution is -0.128. The summed E-state index contributed by atoms with van der Waals surface area (Å²) in [7, 11) is 1.78. The third kappa shape index (κ3) is 2.08. The van der Waals surface area contributed by atoms with Crippen molar-refractivity contribution in [2.45, 2.75) is 6.54 Å². The van der Waals surface area contributed by atoms with E-state index in [1.807, 2.05) is 12.1 Å². The van der Waals surface area contributed by atoms with Crippen LogP contribution in [0.1, 0.15) is 5.56 Å². The van der Waals surface area contributed by atoms with Crippen LogP contribution in [0.3, 0.4) is 0 Å². The second-order valence-corrected chi connectivity index (χ2v) is 4.62. The van der Waals surface area contributed by atoms with Crippen molar-refractivity contribution in [3.05, 3.63) is 35.2 Å². The van der Waals surface area contributed by atoms with E-state index in [1.165, 1.54) is 15.6 Å². The molecule has 0 aliphatic heterocycles. The van der Waals surface area contributed by atoms with Gasteiger partial charge >= 0.3 is 0 Å². The molecular weight excluding hydrogens is 220 g/mol. The first kappa shape index (κ1) is 11.1. The van der Waals surface area contributed by atoms with E-state index in [4.69, 9.17) is 5.73 Å². The first-order chi connectivity index (χ1) is 7.72. The molecule has 0 aliphatic rings. The number of nitrogens with two attached hydrogens (primary N) is 1. The Kier molecular flexibility index (Phi) is 3.22. The number of carbonyl (C=O) groups excluding carboxylic acids is 1. The van der Waals surface area contributed by atoms with Crippen LogP contribution >= 0.6 is 11.3 Å². The number of carbonyl (C=O) groups is 1. The fraction of sp³-hybridized carbons (Fsp3) is 0.250. The van der Waals surface area contributed by atoms with Crippen molar-refractivity contribution >= 4 is 27.3 Å². The summed E-state index contributed by atoms with van der Waals surface area (Å²) in [5.74, 6) is -0.0321. The van der Waals surface area contributed by atoms with Gasteiger partial charge in [0.05, 0.1) is 6.54 Å². The molecule has 84 valence electrons. The molecule has 1 aromatic heterocycles. The van der Waals surface area contributed by atoms with Crippen LogP contribution in [0, 0.1) is 0 Å². The molecule has 4 heteroatoms. The van der Waals surface area contributed by atoms with Crippen LogP contribution in [-0.2, 0) is 11.3 Å². The molecule has 2 rings (SSSR count). The van der Waals surface area contributed by atoms with Crippen LogP contribution in [0.4, 0.5) is 0 Å². The van der Waals surface area contributed by atoms with Crippen LogP contribution < -0.4 is 5.73 Å². The molecule has 1 amide bonds. The topological polar surface area (TPSA) is 46.3 Å². The largest absolute Gasteiger partial charge is 0.340 e. The Morgan fingerprint density at radius 1 is 1.44 bits per heavy atom. The molecule has 2 aromatic rings. The average molecular weight is 234 g/mol. The lowest BCUT2D eigenvalue weighted by Crippen LogP contribution is -2.31. The molecule has 0 atom stereocenters. The Hall–Kier alpha value is -1.39. The van der Waals surface area contributed by atoms with Crippen molar-refractivity contribution in [1.82, 2.24) is 4.90 Å². The predicted molar refractivity (Wildman–Crippen MR) is 67.4 cm³/mol. The van der Waals surface area contributed by atoms with Crippen molar-refractivity contribution in [2.75, 3.05) is 13.6 Å². The second kappa shape index (κ2) is 4.63. The molecule has 2 N–H and O–H groups in total. The highest BCUT2D eigenvalue weighted by atomic mass is 32.1. The van der Waals surface area contributed by atoms with Crippen LogP contribution in [0.2, 0.25) is 0 Å². The van der Waals surface area contributed by atoms with Gasteiger partial charge in [-0.15, -0.1) is 11.3 Å². The minimum atomic E-state index is -0.0321. The molecule has 0 fully saturated rings. The maximum atomic E-state index is 11.4. The van der Waals surface area contributed by atoms with E-state index in [1.54, 1.807) is 23.3 Å². The summed E-state index contributed by atoms with van der Waals surface area (Å²) in [6.45, 7) is 0.693. The second-order valence-electron chi connectivity index (χ2n) is 3.71. The average Bonchev–Trinajstić information content (AvgIpc) is 2.72. The minimum Gasteiger partial charge on any atom is -0.340 e. The molecule has 1 heterocycles. The summed E-state index contributed by atoms with van der Waals surface area (Å²) in [6.07, 6.45) is 0. The summed E-state index contributed by atoms with van der Waals surface area (Å²) < 4.78 is 1.26. The molecule has 1 aromatic carbocycles. The van der Waals surface area contributed by atoms with E-state index in [2.05, 4.69) is 17.5 Å². The normalized spacial score (nSPS) is 10.6. The van der Waals surface area contributed by atoms with Crippen molar-refractivity contribution in [2.24, 2.45) is 5.73 Å². The molecule has 0 unspecified atom stereocenters. The number of rotatable bonds is 3. The maximum absolute atomic E-state index is 11.4. The van der Waals surface area contributed by atoms with Gasteiger partial charge in [0.15, 0.2) is 0 Å². The third-order valence-corrected chi connectivity index (χ3v) is 3.58. The number of amides is 1.